The number of hydrogen-bond donors (Lipinski definition) is 4. The van der Waals surface area contributed by atoms with Crippen molar-refractivity contribution in [3.05, 3.63) is 65.2 Å². The first-order valence-corrected chi connectivity index (χ1v) is 12.2. The zero-order chi connectivity index (χ0) is 28.6. The summed E-state index contributed by atoms with van der Waals surface area (Å²) in [7, 11) is 0. The summed E-state index contributed by atoms with van der Waals surface area (Å²) in [4.78, 5) is 49.0. The maximum atomic E-state index is 13.0. The maximum Gasteiger partial charge on any atom is 0.490 e. The summed E-state index contributed by atoms with van der Waals surface area (Å²) in [5.74, 6) is -4.13. The van der Waals surface area contributed by atoms with Crippen LogP contribution in [0.3, 0.4) is 0 Å². The minimum Gasteiger partial charge on any atom is -0.481 e. The van der Waals surface area contributed by atoms with Gasteiger partial charge in [0, 0.05) is 18.8 Å². The van der Waals surface area contributed by atoms with Gasteiger partial charge in [0.2, 0.25) is 5.91 Å². The summed E-state index contributed by atoms with van der Waals surface area (Å²) >= 11 is 0. The third kappa shape index (κ3) is 8.43. The number of hydrogen-bond acceptors (Lipinski definition) is 5. The molecule has 10 nitrogen and oxygen atoms in total. The second kappa shape index (κ2) is 13.1. The molecule has 1 atom stereocenters. The van der Waals surface area contributed by atoms with Crippen molar-refractivity contribution in [3.8, 4) is 0 Å². The first-order valence-electron chi connectivity index (χ1n) is 12.2. The van der Waals surface area contributed by atoms with Crippen LogP contribution in [0.1, 0.15) is 29.2 Å². The molecule has 0 saturated carbocycles. The number of carboxylic acids is 2. The Morgan fingerprint density at radius 3 is 2.23 bits per heavy atom. The summed E-state index contributed by atoms with van der Waals surface area (Å²) < 4.78 is 31.7. The van der Waals surface area contributed by atoms with Crippen molar-refractivity contribution in [2.45, 2.75) is 31.5 Å². The zero-order valence-corrected chi connectivity index (χ0v) is 20.9. The number of alkyl halides is 3. The van der Waals surface area contributed by atoms with E-state index in [0.29, 0.717) is 13.1 Å². The lowest BCUT2D eigenvalue weighted by Crippen LogP contribution is -2.41. The number of halogens is 3. The van der Waals surface area contributed by atoms with E-state index in [4.69, 9.17) is 9.90 Å². The summed E-state index contributed by atoms with van der Waals surface area (Å²) in [5, 5.41) is 22.5. The highest BCUT2D eigenvalue weighted by Crippen LogP contribution is 2.25. The van der Waals surface area contributed by atoms with Gasteiger partial charge in [-0.1, -0.05) is 36.4 Å². The largest absolute Gasteiger partial charge is 0.490 e. The van der Waals surface area contributed by atoms with Crippen LogP contribution in [0.2, 0.25) is 0 Å². The first kappa shape index (κ1) is 29.4. The summed E-state index contributed by atoms with van der Waals surface area (Å²) in [6, 6.07) is 14.3. The number of urea groups is 1. The van der Waals surface area contributed by atoms with Gasteiger partial charge in [0.25, 0.3) is 0 Å². The Bertz CT molecular complexity index is 1190. The van der Waals surface area contributed by atoms with Crippen molar-refractivity contribution < 1.29 is 42.6 Å². The predicted molar refractivity (Wildman–Crippen MR) is 134 cm³/mol. The molecule has 4 N–H and O–H groups in total. The lowest BCUT2D eigenvalue weighted by atomic mass is 10.0. The number of anilines is 1. The van der Waals surface area contributed by atoms with Crippen molar-refractivity contribution in [3.63, 3.8) is 0 Å². The molecule has 2 aliphatic rings. The predicted octanol–water partition coefficient (Wildman–Crippen LogP) is 2.58. The highest BCUT2D eigenvalue weighted by atomic mass is 19.4. The Kier molecular flexibility index (Phi) is 9.88. The topological polar surface area (TPSA) is 139 Å². The summed E-state index contributed by atoms with van der Waals surface area (Å²) in [6.07, 6.45) is -3.39. The van der Waals surface area contributed by atoms with Crippen LogP contribution in [-0.2, 0) is 27.2 Å². The van der Waals surface area contributed by atoms with E-state index in [-0.39, 0.29) is 24.9 Å². The van der Waals surface area contributed by atoms with Gasteiger partial charge in [-0.15, -0.1) is 0 Å². The highest BCUT2D eigenvalue weighted by molar-refractivity contribution is 5.96. The fourth-order valence-corrected chi connectivity index (χ4v) is 4.32. The van der Waals surface area contributed by atoms with E-state index >= 15 is 0 Å². The summed E-state index contributed by atoms with van der Waals surface area (Å²) in [6.45, 7) is 2.74. The molecule has 0 radical (unpaired) electrons. The Hall–Kier alpha value is -4.13. The average molecular weight is 551 g/mol. The van der Waals surface area contributed by atoms with Gasteiger partial charge < -0.3 is 25.7 Å². The lowest BCUT2D eigenvalue weighted by molar-refractivity contribution is -0.192. The van der Waals surface area contributed by atoms with E-state index in [1.807, 2.05) is 12.1 Å². The molecule has 3 amide bonds. The van der Waals surface area contributed by atoms with E-state index in [1.54, 1.807) is 29.2 Å². The van der Waals surface area contributed by atoms with Crippen molar-refractivity contribution >= 4 is 29.6 Å². The van der Waals surface area contributed by atoms with Gasteiger partial charge >= 0.3 is 24.1 Å². The second-order valence-electron chi connectivity index (χ2n) is 8.99. The first-order chi connectivity index (χ1) is 18.5. The number of amides is 3. The maximum absolute atomic E-state index is 13.0. The Labute approximate surface area is 222 Å². The van der Waals surface area contributed by atoms with Crippen molar-refractivity contribution in [1.82, 2.24) is 15.5 Å². The lowest BCUT2D eigenvalue weighted by Gasteiger charge is -2.22. The molecule has 13 heteroatoms. The normalized spacial score (nSPS) is 15.9. The molecule has 0 bridgehead atoms. The number of nitrogens with zero attached hydrogens (tertiary/aromatic N) is 2. The number of carbonyl (C=O) groups is 4. The van der Waals surface area contributed by atoms with Crippen LogP contribution in [0.5, 0.6) is 0 Å². The average Bonchev–Trinajstić information content (AvgIpc) is 3.08. The molecule has 2 heterocycles. The molecular formula is C26H29F3N4O6. The zero-order valence-electron chi connectivity index (χ0n) is 20.9. The number of benzene rings is 2. The van der Waals surface area contributed by atoms with Gasteiger partial charge in [0.05, 0.1) is 12.5 Å². The van der Waals surface area contributed by atoms with Crippen LogP contribution in [0.25, 0.3) is 0 Å². The quantitative estimate of drug-likeness (QED) is 0.416. The number of carbonyl (C=O) groups excluding carboxylic acids is 2. The molecule has 1 fully saturated rings. The minimum atomic E-state index is -5.08. The van der Waals surface area contributed by atoms with Gasteiger partial charge in [0.15, 0.2) is 0 Å². The van der Waals surface area contributed by atoms with E-state index in [0.717, 1.165) is 37.2 Å². The van der Waals surface area contributed by atoms with Crippen molar-refractivity contribution in [2.75, 3.05) is 37.6 Å². The standard InChI is InChI=1S/C24H28N4O4.C2HF3O2/c29-22(26-21(15-23(30)31)18-4-2-1-3-5-18)16-27-12-13-28(24(27)32)20-7-6-17-8-10-25-11-9-19(17)14-20;3-2(4,5)1(6)7/h1-7,14,21,25H,8-13,15-16H2,(H,26,29)(H,30,31);(H,6,7). The Morgan fingerprint density at radius 2 is 1.62 bits per heavy atom. The Morgan fingerprint density at radius 1 is 0.974 bits per heavy atom. The monoisotopic (exact) mass is 550 g/mol. The third-order valence-corrected chi connectivity index (χ3v) is 6.23. The van der Waals surface area contributed by atoms with Crippen LogP contribution in [0.4, 0.5) is 23.7 Å². The molecule has 2 aliphatic heterocycles. The van der Waals surface area contributed by atoms with Gasteiger partial charge in [-0.25, -0.2) is 9.59 Å². The fraction of sp³-hybridized carbons (Fsp3) is 0.385. The summed E-state index contributed by atoms with van der Waals surface area (Å²) in [5.41, 5.74) is 4.14. The molecule has 1 saturated heterocycles. The number of rotatable bonds is 7. The van der Waals surface area contributed by atoms with E-state index in [1.165, 1.54) is 16.0 Å². The molecule has 39 heavy (non-hydrogen) atoms. The van der Waals surface area contributed by atoms with Gasteiger partial charge in [0.1, 0.15) is 6.54 Å². The number of carboxylic acid groups (broad SMARTS) is 2. The van der Waals surface area contributed by atoms with Crippen LogP contribution >= 0.6 is 0 Å². The van der Waals surface area contributed by atoms with Crippen LogP contribution in [0, 0.1) is 0 Å². The molecule has 0 aromatic heterocycles. The molecular weight excluding hydrogens is 521 g/mol. The van der Waals surface area contributed by atoms with Crippen LogP contribution in [0.15, 0.2) is 48.5 Å². The van der Waals surface area contributed by atoms with Gasteiger partial charge in [-0.05, 0) is 54.8 Å². The number of aliphatic carboxylic acids is 2. The van der Waals surface area contributed by atoms with Gasteiger partial charge in [-0.3, -0.25) is 14.5 Å². The van der Waals surface area contributed by atoms with E-state index in [9.17, 15) is 32.7 Å². The molecule has 4 rings (SSSR count). The molecule has 2 aromatic rings. The van der Waals surface area contributed by atoms with Crippen molar-refractivity contribution in [1.29, 1.82) is 0 Å². The second-order valence-corrected chi connectivity index (χ2v) is 8.99. The minimum absolute atomic E-state index is 0.104. The third-order valence-electron chi connectivity index (χ3n) is 6.23. The highest BCUT2D eigenvalue weighted by Gasteiger charge is 2.38. The number of nitrogens with one attached hydrogen (secondary N) is 2. The molecule has 2 aromatic carbocycles. The SMILES string of the molecule is O=C(O)C(F)(F)F.O=C(O)CC(NC(=O)CN1CCN(c2ccc3c(c2)CCNCC3)C1=O)c1ccccc1. The number of fused-ring (bicyclic) bond motifs is 1. The van der Waals surface area contributed by atoms with E-state index in [2.05, 4.69) is 22.8 Å². The smallest absolute Gasteiger partial charge is 0.481 e. The van der Waals surface area contributed by atoms with Crippen LogP contribution in [-0.4, -0.2) is 77.9 Å². The van der Waals surface area contributed by atoms with Crippen LogP contribution < -0.4 is 15.5 Å². The molecule has 1 unspecified atom stereocenters. The van der Waals surface area contributed by atoms with E-state index < -0.39 is 24.2 Å². The van der Waals surface area contributed by atoms with Crippen molar-refractivity contribution in [2.24, 2.45) is 0 Å². The fourth-order valence-electron chi connectivity index (χ4n) is 4.32. The van der Waals surface area contributed by atoms with Gasteiger partial charge in [-0.2, -0.15) is 13.2 Å². The molecule has 210 valence electrons. The Balaban J connectivity index is 0.000000532. The molecule has 0 aliphatic carbocycles. The molecule has 0 spiro atoms.